The molecule has 1 aromatic heterocycles. The van der Waals surface area contributed by atoms with Crippen molar-refractivity contribution in [3.8, 4) is 0 Å². The normalized spacial score (nSPS) is 12.1. The van der Waals surface area contributed by atoms with E-state index in [4.69, 9.17) is 0 Å². The van der Waals surface area contributed by atoms with Gasteiger partial charge in [0.25, 0.3) is 5.56 Å². The minimum atomic E-state index is -0.739. The maximum atomic E-state index is 13.8. The van der Waals surface area contributed by atoms with Gasteiger partial charge in [0.2, 0.25) is 5.91 Å². The Kier molecular flexibility index (Phi) is 4.56. The van der Waals surface area contributed by atoms with Crippen molar-refractivity contribution in [3.63, 3.8) is 0 Å². The molecule has 0 bridgehead atoms. The van der Waals surface area contributed by atoms with Crippen LogP contribution < -0.4 is 10.9 Å². The predicted molar refractivity (Wildman–Crippen MR) is 88.9 cm³/mol. The number of halogens is 2. The molecule has 2 aromatic carbocycles. The fourth-order valence-corrected chi connectivity index (χ4v) is 2.59. The smallest absolute Gasteiger partial charge is 0.261 e. The van der Waals surface area contributed by atoms with Gasteiger partial charge >= 0.3 is 0 Å². The monoisotopic (exact) mass is 343 g/mol. The topological polar surface area (TPSA) is 64.0 Å². The van der Waals surface area contributed by atoms with Crippen molar-refractivity contribution in [3.05, 3.63) is 76.3 Å². The fraction of sp³-hybridized carbons (Fsp3) is 0.167. The molecular formula is C18H15F2N3O2. The lowest BCUT2D eigenvalue weighted by atomic mass is 10.1. The summed E-state index contributed by atoms with van der Waals surface area (Å²) in [5.74, 6) is -1.90. The zero-order chi connectivity index (χ0) is 18.0. The van der Waals surface area contributed by atoms with Crippen LogP contribution in [-0.4, -0.2) is 15.5 Å². The number of benzene rings is 2. The quantitative estimate of drug-likeness (QED) is 0.792. The number of aromatic nitrogens is 2. The Balaban J connectivity index is 1.76. The maximum absolute atomic E-state index is 13.8. The molecule has 0 saturated carbocycles. The van der Waals surface area contributed by atoms with E-state index in [9.17, 15) is 18.4 Å². The highest BCUT2D eigenvalue weighted by Crippen LogP contribution is 2.17. The Morgan fingerprint density at radius 1 is 1.24 bits per heavy atom. The van der Waals surface area contributed by atoms with Gasteiger partial charge in [-0.3, -0.25) is 14.2 Å². The van der Waals surface area contributed by atoms with Crippen LogP contribution in [0.1, 0.15) is 18.5 Å². The van der Waals surface area contributed by atoms with E-state index in [1.165, 1.54) is 17.0 Å². The lowest BCUT2D eigenvalue weighted by Gasteiger charge is -2.15. The van der Waals surface area contributed by atoms with Crippen molar-refractivity contribution in [1.82, 2.24) is 14.9 Å². The molecule has 0 unspecified atom stereocenters. The first-order valence-electron chi connectivity index (χ1n) is 7.64. The van der Waals surface area contributed by atoms with Crippen LogP contribution in [0.2, 0.25) is 0 Å². The van der Waals surface area contributed by atoms with E-state index in [1.54, 1.807) is 31.2 Å². The van der Waals surface area contributed by atoms with Gasteiger partial charge in [-0.1, -0.05) is 18.2 Å². The summed E-state index contributed by atoms with van der Waals surface area (Å²) in [6, 6.07) is 9.32. The summed E-state index contributed by atoms with van der Waals surface area (Å²) in [4.78, 5) is 28.7. The van der Waals surface area contributed by atoms with E-state index in [0.29, 0.717) is 10.9 Å². The molecule has 25 heavy (non-hydrogen) atoms. The summed E-state index contributed by atoms with van der Waals surface area (Å²) in [7, 11) is 0. The van der Waals surface area contributed by atoms with Crippen LogP contribution in [0.25, 0.3) is 10.9 Å². The third kappa shape index (κ3) is 3.55. The van der Waals surface area contributed by atoms with Gasteiger partial charge in [0.1, 0.15) is 18.2 Å². The molecule has 0 aliphatic heterocycles. The van der Waals surface area contributed by atoms with E-state index in [0.717, 1.165) is 12.1 Å². The standard InChI is InChI=1S/C18H15F2N3O2/c1-11(13-7-6-12(19)8-15(13)20)22-17(24)9-23-10-21-16-5-3-2-4-14(16)18(23)25/h2-8,10-11H,9H2,1H3,(H,22,24)/t11-/m1/s1. The third-order valence-corrected chi connectivity index (χ3v) is 3.85. The summed E-state index contributed by atoms with van der Waals surface area (Å²) in [6.07, 6.45) is 1.30. The Morgan fingerprint density at radius 2 is 2.00 bits per heavy atom. The Labute approximate surface area is 141 Å². The fourth-order valence-electron chi connectivity index (χ4n) is 2.59. The highest BCUT2D eigenvalue weighted by molar-refractivity contribution is 5.79. The molecule has 3 rings (SSSR count). The van der Waals surface area contributed by atoms with Crippen LogP contribution in [0.15, 0.2) is 53.6 Å². The Hall–Kier alpha value is -3.09. The summed E-state index contributed by atoms with van der Waals surface area (Å²) >= 11 is 0. The van der Waals surface area contributed by atoms with E-state index in [1.807, 2.05) is 0 Å². The predicted octanol–water partition coefficient (Wildman–Crippen LogP) is 2.55. The van der Waals surface area contributed by atoms with Gasteiger partial charge in [-0.25, -0.2) is 13.8 Å². The van der Waals surface area contributed by atoms with Gasteiger partial charge in [-0.2, -0.15) is 0 Å². The minimum Gasteiger partial charge on any atom is -0.348 e. The van der Waals surface area contributed by atoms with Crippen LogP contribution in [0.3, 0.4) is 0 Å². The van der Waals surface area contributed by atoms with Gasteiger partial charge in [0.15, 0.2) is 0 Å². The number of nitrogens with one attached hydrogen (secondary N) is 1. The SMILES string of the molecule is C[C@@H](NC(=O)Cn1cnc2ccccc2c1=O)c1ccc(F)cc1F. The second-order valence-electron chi connectivity index (χ2n) is 5.65. The first kappa shape index (κ1) is 16.8. The second kappa shape index (κ2) is 6.80. The van der Waals surface area contributed by atoms with Crippen LogP contribution in [0.4, 0.5) is 8.78 Å². The van der Waals surface area contributed by atoms with E-state index < -0.39 is 23.6 Å². The lowest BCUT2D eigenvalue weighted by molar-refractivity contribution is -0.122. The molecule has 7 heteroatoms. The largest absolute Gasteiger partial charge is 0.348 e. The van der Waals surface area contributed by atoms with E-state index in [-0.39, 0.29) is 17.7 Å². The van der Waals surface area contributed by atoms with Crippen LogP contribution in [0.5, 0.6) is 0 Å². The molecule has 1 amide bonds. The zero-order valence-electron chi connectivity index (χ0n) is 13.4. The van der Waals surface area contributed by atoms with Gasteiger partial charge < -0.3 is 5.32 Å². The number of amides is 1. The molecule has 128 valence electrons. The summed E-state index contributed by atoms with van der Waals surface area (Å²) in [6.45, 7) is 1.33. The number of carbonyl (C=O) groups is 1. The van der Waals surface area contributed by atoms with Crippen molar-refractivity contribution in [2.24, 2.45) is 0 Å². The number of fused-ring (bicyclic) bond motifs is 1. The molecule has 1 atom stereocenters. The summed E-state index contributed by atoms with van der Waals surface area (Å²) in [5, 5.41) is 3.00. The number of hydrogen-bond donors (Lipinski definition) is 1. The first-order chi connectivity index (χ1) is 12.0. The van der Waals surface area contributed by atoms with Crippen LogP contribution in [-0.2, 0) is 11.3 Å². The highest BCUT2D eigenvalue weighted by atomic mass is 19.1. The molecular weight excluding hydrogens is 328 g/mol. The summed E-state index contributed by atoms with van der Waals surface area (Å²) in [5.41, 5.74) is 0.381. The van der Waals surface area contributed by atoms with Crippen molar-refractivity contribution >= 4 is 16.8 Å². The number of hydrogen-bond acceptors (Lipinski definition) is 3. The number of para-hydroxylation sites is 1. The second-order valence-corrected chi connectivity index (χ2v) is 5.65. The van der Waals surface area contributed by atoms with Crippen molar-refractivity contribution in [2.75, 3.05) is 0 Å². The molecule has 0 aliphatic carbocycles. The van der Waals surface area contributed by atoms with Gasteiger partial charge in [-0.05, 0) is 25.1 Å². The molecule has 0 radical (unpaired) electrons. The molecule has 5 nitrogen and oxygen atoms in total. The summed E-state index contributed by atoms with van der Waals surface area (Å²) < 4.78 is 27.9. The molecule has 1 N–H and O–H groups in total. The average molecular weight is 343 g/mol. The number of carbonyl (C=O) groups excluding carboxylic acids is 1. The zero-order valence-corrected chi connectivity index (χ0v) is 13.4. The van der Waals surface area contributed by atoms with Crippen molar-refractivity contribution in [1.29, 1.82) is 0 Å². The van der Waals surface area contributed by atoms with Crippen molar-refractivity contribution < 1.29 is 13.6 Å². The molecule has 0 fully saturated rings. The average Bonchev–Trinajstić information content (AvgIpc) is 2.57. The third-order valence-electron chi connectivity index (χ3n) is 3.85. The van der Waals surface area contributed by atoms with Gasteiger partial charge in [-0.15, -0.1) is 0 Å². The van der Waals surface area contributed by atoms with Crippen LogP contribution in [0, 0.1) is 11.6 Å². The maximum Gasteiger partial charge on any atom is 0.261 e. The number of nitrogens with zero attached hydrogens (tertiary/aromatic N) is 2. The van der Waals surface area contributed by atoms with Crippen LogP contribution >= 0.6 is 0 Å². The van der Waals surface area contributed by atoms with E-state index >= 15 is 0 Å². The van der Waals surface area contributed by atoms with E-state index in [2.05, 4.69) is 10.3 Å². The van der Waals surface area contributed by atoms with Gasteiger partial charge in [0.05, 0.1) is 23.3 Å². The molecule has 0 spiro atoms. The Bertz CT molecular complexity index is 1000. The first-order valence-corrected chi connectivity index (χ1v) is 7.64. The van der Waals surface area contributed by atoms with Gasteiger partial charge in [0, 0.05) is 11.6 Å². The molecule has 0 aliphatic rings. The van der Waals surface area contributed by atoms with Crippen molar-refractivity contribution in [2.45, 2.75) is 19.5 Å². The highest BCUT2D eigenvalue weighted by Gasteiger charge is 2.15. The molecule has 0 saturated heterocycles. The molecule has 3 aromatic rings. The number of rotatable bonds is 4. The molecule has 1 heterocycles. The lowest BCUT2D eigenvalue weighted by Crippen LogP contribution is -2.34. The minimum absolute atomic E-state index is 0.165. The Morgan fingerprint density at radius 3 is 2.76 bits per heavy atom.